The molecule has 0 spiro atoms. The first-order valence-corrected chi connectivity index (χ1v) is 9.13. The number of fused-ring (bicyclic) bond motifs is 1. The molecule has 0 aliphatic rings. The van der Waals surface area contributed by atoms with Crippen LogP contribution in [0.15, 0.2) is 36.5 Å². The molecule has 0 saturated heterocycles. The fourth-order valence-electron chi connectivity index (χ4n) is 2.37. The van der Waals surface area contributed by atoms with Gasteiger partial charge >= 0.3 is 0 Å². The standard InChI is InChI=1S/C15H15ClN4O2S/c1-23(22)8-7-19-14-4-2-3-12(20(14)18-15(19)21)9-11-5-6-13(16)17-10-11/h2-6,10H,7-9H2,1H3. The molecular weight excluding hydrogens is 336 g/mol. The zero-order valence-corrected chi connectivity index (χ0v) is 14.0. The molecule has 120 valence electrons. The Hall–Kier alpha value is -1.99. The van der Waals surface area contributed by atoms with Crippen molar-refractivity contribution in [2.75, 3.05) is 12.0 Å². The van der Waals surface area contributed by atoms with Crippen molar-refractivity contribution in [2.45, 2.75) is 13.0 Å². The molecule has 0 bridgehead atoms. The van der Waals surface area contributed by atoms with Crippen molar-refractivity contribution < 1.29 is 13.9 Å². The van der Waals surface area contributed by atoms with Crippen LogP contribution in [0.25, 0.3) is 5.65 Å². The van der Waals surface area contributed by atoms with Crippen LogP contribution in [0.3, 0.4) is 0 Å². The molecule has 0 aromatic carbocycles. The summed E-state index contributed by atoms with van der Waals surface area (Å²) in [5.41, 5.74) is 2.55. The molecule has 1 atom stereocenters. The van der Waals surface area contributed by atoms with Crippen LogP contribution in [0.1, 0.15) is 11.3 Å². The summed E-state index contributed by atoms with van der Waals surface area (Å²) in [7, 11) is -0.958. The van der Waals surface area contributed by atoms with Crippen LogP contribution in [0.2, 0.25) is 5.15 Å². The zero-order valence-electron chi connectivity index (χ0n) is 12.5. The van der Waals surface area contributed by atoms with Crippen LogP contribution >= 0.6 is 11.6 Å². The van der Waals surface area contributed by atoms with Crippen molar-refractivity contribution in [1.29, 1.82) is 0 Å². The highest BCUT2D eigenvalue weighted by Crippen LogP contribution is 2.13. The highest BCUT2D eigenvalue weighted by molar-refractivity contribution is 7.84. The molecule has 1 unspecified atom stereocenters. The second-order valence-electron chi connectivity index (χ2n) is 5.16. The Kier molecular flexibility index (Phi) is 4.58. The SMILES string of the molecule is CS(=O)CC[n+]1c([O-])nn2c(Cc3ccc(Cl)nc3)cccc21. The Labute approximate surface area is 140 Å². The molecule has 0 aliphatic heterocycles. The van der Waals surface area contributed by atoms with Crippen LogP contribution < -0.4 is 9.67 Å². The van der Waals surface area contributed by atoms with Gasteiger partial charge in [0.25, 0.3) is 5.65 Å². The average Bonchev–Trinajstić information content (AvgIpc) is 2.84. The zero-order chi connectivity index (χ0) is 16.4. The Balaban J connectivity index is 1.97. The third-order valence-electron chi connectivity index (χ3n) is 3.49. The van der Waals surface area contributed by atoms with Crippen LogP contribution in [0.4, 0.5) is 0 Å². The Morgan fingerprint density at radius 2 is 2.17 bits per heavy atom. The molecule has 0 radical (unpaired) electrons. The van der Waals surface area contributed by atoms with Gasteiger partial charge in [0.15, 0.2) is 0 Å². The molecule has 0 N–H and O–H groups in total. The smallest absolute Gasteiger partial charge is 0.265 e. The summed E-state index contributed by atoms with van der Waals surface area (Å²) in [6.45, 7) is 0.386. The first kappa shape index (κ1) is 15.9. The number of rotatable bonds is 5. The lowest BCUT2D eigenvalue weighted by Gasteiger charge is -2.02. The molecule has 23 heavy (non-hydrogen) atoms. The highest BCUT2D eigenvalue weighted by Gasteiger charge is 2.17. The monoisotopic (exact) mass is 350 g/mol. The number of nitrogens with zero attached hydrogens (tertiary/aromatic N) is 4. The Morgan fingerprint density at radius 3 is 2.87 bits per heavy atom. The van der Waals surface area contributed by atoms with E-state index in [-0.39, 0.29) is 6.01 Å². The summed E-state index contributed by atoms with van der Waals surface area (Å²) in [4.78, 5) is 4.06. The molecule has 6 nitrogen and oxygen atoms in total. The van der Waals surface area contributed by atoms with Crippen molar-refractivity contribution in [3.63, 3.8) is 0 Å². The van der Waals surface area contributed by atoms with Crippen LogP contribution in [-0.2, 0) is 23.8 Å². The number of hydrogen-bond acceptors (Lipinski definition) is 4. The molecular formula is C15H15ClN4O2S. The molecule has 0 aliphatic carbocycles. The van der Waals surface area contributed by atoms with Crippen molar-refractivity contribution in [3.05, 3.63) is 52.9 Å². The minimum absolute atomic E-state index is 0.336. The van der Waals surface area contributed by atoms with E-state index in [4.69, 9.17) is 11.6 Å². The Bertz CT molecular complexity index is 864. The molecule has 3 rings (SSSR count). The van der Waals surface area contributed by atoms with Gasteiger partial charge in [0.05, 0.1) is 12.3 Å². The van der Waals surface area contributed by atoms with Gasteiger partial charge in [-0.15, -0.1) is 0 Å². The van der Waals surface area contributed by atoms with E-state index in [9.17, 15) is 9.32 Å². The van der Waals surface area contributed by atoms with Gasteiger partial charge in [-0.05, 0) is 17.7 Å². The summed E-state index contributed by atoms with van der Waals surface area (Å²) in [6.07, 6.45) is 3.91. The summed E-state index contributed by atoms with van der Waals surface area (Å²) >= 11 is 5.80. The molecule has 3 heterocycles. The van der Waals surface area contributed by atoms with Gasteiger partial charge < -0.3 is 5.11 Å². The van der Waals surface area contributed by atoms with E-state index in [0.717, 1.165) is 11.3 Å². The normalized spacial score (nSPS) is 12.6. The fourth-order valence-corrected chi connectivity index (χ4v) is 2.93. The van der Waals surface area contributed by atoms with Gasteiger partial charge in [0.1, 0.15) is 10.8 Å². The number of aryl methyl sites for hydroxylation is 1. The molecule has 0 saturated carbocycles. The van der Waals surface area contributed by atoms with Crippen molar-refractivity contribution >= 4 is 28.0 Å². The predicted octanol–water partition coefficient (Wildman–Crippen LogP) is 0.713. The van der Waals surface area contributed by atoms with Gasteiger partial charge in [-0.25, -0.2) is 9.55 Å². The second-order valence-corrected chi connectivity index (χ2v) is 7.11. The maximum Gasteiger partial charge on any atom is 0.265 e. The lowest BCUT2D eigenvalue weighted by atomic mass is 10.1. The summed E-state index contributed by atoms with van der Waals surface area (Å²) in [5, 5.41) is 16.6. The predicted molar refractivity (Wildman–Crippen MR) is 85.8 cm³/mol. The molecule has 3 aromatic rings. The van der Waals surface area contributed by atoms with Crippen LogP contribution in [0.5, 0.6) is 6.01 Å². The lowest BCUT2D eigenvalue weighted by molar-refractivity contribution is -0.710. The van der Waals surface area contributed by atoms with E-state index in [1.165, 1.54) is 0 Å². The van der Waals surface area contributed by atoms with E-state index >= 15 is 0 Å². The summed E-state index contributed by atoms with van der Waals surface area (Å²) in [5.74, 6) is 0.423. The van der Waals surface area contributed by atoms with E-state index in [1.54, 1.807) is 27.6 Å². The number of aromatic nitrogens is 4. The maximum absolute atomic E-state index is 12.1. The van der Waals surface area contributed by atoms with Crippen molar-refractivity contribution in [3.8, 4) is 6.01 Å². The fraction of sp³-hybridized carbons (Fsp3) is 0.267. The second kappa shape index (κ2) is 6.64. The summed E-state index contributed by atoms with van der Waals surface area (Å²) in [6, 6.07) is 8.92. The number of hydrogen-bond donors (Lipinski definition) is 0. The third-order valence-corrected chi connectivity index (χ3v) is 4.47. The van der Waals surface area contributed by atoms with Gasteiger partial charge in [-0.1, -0.05) is 28.2 Å². The maximum atomic E-state index is 12.1. The van der Waals surface area contributed by atoms with Gasteiger partial charge in [0.2, 0.25) is 6.01 Å². The quantitative estimate of drug-likeness (QED) is 0.502. The minimum Gasteiger partial charge on any atom is -0.818 e. The molecule has 3 aromatic heterocycles. The topological polar surface area (TPSA) is 74.2 Å². The average molecular weight is 351 g/mol. The van der Waals surface area contributed by atoms with Crippen molar-refractivity contribution in [1.82, 2.24) is 14.6 Å². The largest absolute Gasteiger partial charge is 0.818 e. The first-order valence-electron chi connectivity index (χ1n) is 7.02. The van der Waals surface area contributed by atoms with Gasteiger partial charge in [-0.3, -0.25) is 4.21 Å². The van der Waals surface area contributed by atoms with E-state index in [1.807, 2.05) is 24.3 Å². The van der Waals surface area contributed by atoms with Gasteiger partial charge in [-0.2, -0.15) is 0 Å². The highest BCUT2D eigenvalue weighted by atomic mass is 35.5. The minimum atomic E-state index is -0.958. The third kappa shape index (κ3) is 3.51. The lowest BCUT2D eigenvalue weighted by Crippen LogP contribution is -2.38. The molecule has 0 fully saturated rings. The van der Waals surface area contributed by atoms with Crippen LogP contribution in [0, 0.1) is 0 Å². The van der Waals surface area contributed by atoms with Crippen molar-refractivity contribution in [2.24, 2.45) is 0 Å². The van der Waals surface area contributed by atoms with Gasteiger partial charge in [0, 0.05) is 40.8 Å². The molecule has 0 amide bonds. The van der Waals surface area contributed by atoms with E-state index in [2.05, 4.69) is 10.1 Å². The first-order chi connectivity index (χ1) is 11.0. The van der Waals surface area contributed by atoms with Crippen LogP contribution in [-0.4, -0.2) is 30.8 Å². The number of halogens is 1. The molecule has 8 heteroatoms. The number of pyridine rings is 2. The summed E-state index contributed by atoms with van der Waals surface area (Å²) < 4.78 is 14.5. The van der Waals surface area contributed by atoms with E-state index in [0.29, 0.717) is 29.5 Å². The van der Waals surface area contributed by atoms with E-state index < -0.39 is 10.8 Å². The Morgan fingerprint density at radius 1 is 1.35 bits per heavy atom.